The summed E-state index contributed by atoms with van der Waals surface area (Å²) in [4.78, 5) is 2.10. The number of hydrogen-bond acceptors (Lipinski definition) is 4. The molecule has 0 radical (unpaired) electrons. The van der Waals surface area contributed by atoms with Crippen LogP contribution in [0.4, 0.5) is 5.69 Å². The first kappa shape index (κ1) is 13.6. The van der Waals surface area contributed by atoms with E-state index in [1.54, 1.807) is 14.2 Å². The number of nitrogens with two attached hydrogens (primary N) is 1. The van der Waals surface area contributed by atoms with Crippen molar-refractivity contribution >= 4 is 5.69 Å². The minimum atomic E-state index is 0.247. The molecule has 0 saturated carbocycles. The van der Waals surface area contributed by atoms with Crippen LogP contribution in [0.1, 0.15) is 12.5 Å². The van der Waals surface area contributed by atoms with Crippen molar-refractivity contribution in [3.05, 3.63) is 17.7 Å². The number of anilines is 1. The molecule has 1 unspecified atom stereocenters. The standard InChI is InChI=1S/C13H22N2O2/c1-9-6-13(17-5)11(7-12(9)16-4)15(3)10(2)8-14/h6-7,10H,8,14H2,1-5H3. The molecule has 1 atom stereocenters. The lowest BCUT2D eigenvalue weighted by molar-refractivity contribution is 0.400. The van der Waals surface area contributed by atoms with Gasteiger partial charge in [0, 0.05) is 25.7 Å². The summed E-state index contributed by atoms with van der Waals surface area (Å²) in [5.41, 5.74) is 7.74. The van der Waals surface area contributed by atoms with Gasteiger partial charge in [-0.05, 0) is 25.5 Å². The monoisotopic (exact) mass is 238 g/mol. The van der Waals surface area contributed by atoms with Gasteiger partial charge in [-0.25, -0.2) is 0 Å². The van der Waals surface area contributed by atoms with Crippen LogP contribution in [0.3, 0.4) is 0 Å². The fraction of sp³-hybridized carbons (Fsp3) is 0.538. The summed E-state index contributed by atoms with van der Waals surface area (Å²) in [6.07, 6.45) is 0. The highest BCUT2D eigenvalue weighted by molar-refractivity contribution is 5.64. The Morgan fingerprint density at radius 1 is 1.24 bits per heavy atom. The fourth-order valence-electron chi connectivity index (χ4n) is 1.71. The molecule has 0 fully saturated rings. The molecule has 0 aliphatic heterocycles. The summed E-state index contributed by atoms with van der Waals surface area (Å²) in [6, 6.07) is 4.21. The smallest absolute Gasteiger partial charge is 0.142 e. The van der Waals surface area contributed by atoms with Crippen molar-refractivity contribution in [1.29, 1.82) is 0 Å². The van der Waals surface area contributed by atoms with Crippen molar-refractivity contribution in [3.63, 3.8) is 0 Å². The van der Waals surface area contributed by atoms with E-state index in [0.717, 1.165) is 22.7 Å². The van der Waals surface area contributed by atoms with Crippen LogP contribution in [-0.2, 0) is 0 Å². The van der Waals surface area contributed by atoms with Crippen LogP contribution in [-0.4, -0.2) is 33.9 Å². The van der Waals surface area contributed by atoms with E-state index in [4.69, 9.17) is 15.2 Å². The van der Waals surface area contributed by atoms with E-state index in [1.165, 1.54) is 0 Å². The molecule has 0 aliphatic rings. The van der Waals surface area contributed by atoms with E-state index in [1.807, 2.05) is 26.1 Å². The molecule has 0 heterocycles. The van der Waals surface area contributed by atoms with Gasteiger partial charge in [0.15, 0.2) is 0 Å². The Morgan fingerprint density at radius 3 is 2.29 bits per heavy atom. The number of hydrogen-bond donors (Lipinski definition) is 1. The molecule has 0 bridgehead atoms. The molecule has 4 nitrogen and oxygen atoms in total. The number of likely N-dealkylation sites (N-methyl/N-ethyl adjacent to an activating group) is 1. The third-order valence-electron chi connectivity index (χ3n) is 3.08. The van der Waals surface area contributed by atoms with Crippen LogP contribution >= 0.6 is 0 Å². The van der Waals surface area contributed by atoms with Crippen LogP contribution in [0, 0.1) is 6.92 Å². The summed E-state index contributed by atoms with van der Waals surface area (Å²) in [7, 11) is 5.35. The maximum absolute atomic E-state index is 5.69. The minimum Gasteiger partial charge on any atom is -0.496 e. The Bertz CT molecular complexity index is 380. The number of benzene rings is 1. The molecule has 0 amide bonds. The molecule has 1 aromatic rings. The highest BCUT2D eigenvalue weighted by Gasteiger charge is 2.15. The van der Waals surface area contributed by atoms with Crippen LogP contribution < -0.4 is 20.1 Å². The van der Waals surface area contributed by atoms with Gasteiger partial charge in [0.05, 0.1) is 19.9 Å². The molecule has 0 aromatic heterocycles. The van der Waals surface area contributed by atoms with Gasteiger partial charge < -0.3 is 20.1 Å². The van der Waals surface area contributed by atoms with Gasteiger partial charge in [-0.1, -0.05) is 0 Å². The van der Waals surface area contributed by atoms with Crippen LogP contribution in [0.5, 0.6) is 11.5 Å². The highest BCUT2D eigenvalue weighted by atomic mass is 16.5. The van der Waals surface area contributed by atoms with Crippen molar-refractivity contribution in [2.45, 2.75) is 19.9 Å². The number of ether oxygens (including phenoxy) is 2. The normalized spacial score (nSPS) is 12.1. The van der Waals surface area contributed by atoms with Crippen molar-refractivity contribution in [1.82, 2.24) is 0 Å². The second kappa shape index (κ2) is 5.77. The summed E-state index contributed by atoms with van der Waals surface area (Å²) in [6.45, 7) is 4.67. The van der Waals surface area contributed by atoms with Crippen LogP contribution in [0.25, 0.3) is 0 Å². The number of methoxy groups -OCH3 is 2. The van der Waals surface area contributed by atoms with Crippen molar-refractivity contribution in [3.8, 4) is 11.5 Å². The third-order valence-corrected chi connectivity index (χ3v) is 3.08. The first-order chi connectivity index (χ1) is 8.04. The van der Waals surface area contributed by atoms with E-state index < -0.39 is 0 Å². The van der Waals surface area contributed by atoms with E-state index in [0.29, 0.717) is 6.54 Å². The second-order valence-corrected chi connectivity index (χ2v) is 4.19. The predicted octanol–water partition coefficient (Wildman–Crippen LogP) is 1.80. The maximum Gasteiger partial charge on any atom is 0.142 e. The molecule has 96 valence electrons. The highest BCUT2D eigenvalue weighted by Crippen LogP contribution is 2.35. The Labute approximate surface area is 103 Å². The second-order valence-electron chi connectivity index (χ2n) is 4.19. The molecule has 0 spiro atoms. The zero-order chi connectivity index (χ0) is 13.0. The molecule has 0 aliphatic carbocycles. The number of nitrogens with zero attached hydrogens (tertiary/aromatic N) is 1. The van der Waals surface area contributed by atoms with Gasteiger partial charge >= 0.3 is 0 Å². The average molecular weight is 238 g/mol. The summed E-state index contributed by atoms with van der Waals surface area (Å²) in [5, 5.41) is 0. The quantitative estimate of drug-likeness (QED) is 0.849. The maximum atomic E-state index is 5.69. The molecule has 0 saturated heterocycles. The van der Waals surface area contributed by atoms with Crippen molar-refractivity contribution in [2.75, 3.05) is 32.7 Å². The van der Waals surface area contributed by atoms with E-state index in [-0.39, 0.29) is 6.04 Å². The van der Waals surface area contributed by atoms with Crippen molar-refractivity contribution in [2.24, 2.45) is 5.73 Å². The van der Waals surface area contributed by atoms with Gasteiger partial charge in [0.25, 0.3) is 0 Å². The minimum absolute atomic E-state index is 0.247. The first-order valence-corrected chi connectivity index (χ1v) is 5.70. The van der Waals surface area contributed by atoms with Gasteiger partial charge in [0.1, 0.15) is 11.5 Å². The molecule has 1 aromatic carbocycles. The Kier molecular flexibility index (Phi) is 4.63. The largest absolute Gasteiger partial charge is 0.496 e. The zero-order valence-corrected chi connectivity index (χ0v) is 11.3. The molecule has 17 heavy (non-hydrogen) atoms. The summed E-state index contributed by atoms with van der Waals surface area (Å²) in [5.74, 6) is 1.70. The molecular formula is C13H22N2O2. The molecule has 2 N–H and O–H groups in total. The van der Waals surface area contributed by atoms with E-state index in [9.17, 15) is 0 Å². The third kappa shape index (κ3) is 2.82. The Balaban J connectivity index is 3.20. The van der Waals surface area contributed by atoms with E-state index in [2.05, 4.69) is 11.8 Å². The van der Waals surface area contributed by atoms with Crippen LogP contribution in [0.2, 0.25) is 0 Å². The zero-order valence-electron chi connectivity index (χ0n) is 11.3. The average Bonchev–Trinajstić information content (AvgIpc) is 2.36. The molecule has 1 rings (SSSR count). The first-order valence-electron chi connectivity index (χ1n) is 5.70. The number of aryl methyl sites for hydroxylation is 1. The number of rotatable bonds is 5. The Hall–Kier alpha value is -1.42. The van der Waals surface area contributed by atoms with Gasteiger partial charge in [-0.2, -0.15) is 0 Å². The lowest BCUT2D eigenvalue weighted by atomic mass is 10.1. The fourth-order valence-corrected chi connectivity index (χ4v) is 1.71. The Morgan fingerprint density at radius 2 is 1.82 bits per heavy atom. The summed E-state index contributed by atoms with van der Waals surface area (Å²) < 4.78 is 10.7. The SMILES string of the molecule is COc1cc(N(C)C(C)CN)c(OC)cc1C. The lowest BCUT2D eigenvalue weighted by Crippen LogP contribution is -2.35. The lowest BCUT2D eigenvalue weighted by Gasteiger charge is -2.28. The van der Waals surface area contributed by atoms with Gasteiger partial charge in [-0.3, -0.25) is 0 Å². The van der Waals surface area contributed by atoms with Gasteiger partial charge in [-0.15, -0.1) is 0 Å². The predicted molar refractivity (Wildman–Crippen MR) is 71.2 cm³/mol. The topological polar surface area (TPSA) is 47.7 Å². The van der Waals surface area contributed by atoms with Gasteiger partial charge in [0.2, 0.25) is 0 Å². The molecule has 4 heteroatoms. The summed E-state index contributed by atoms with van der Waals surface area (Å²) >= 11 is 0. The molecular weight excluding hydrogens is 216 g/mol. The van der Waals surface area contributed by atoms with Crippen LogP contribution in [0.15, 0.2) is 12.1 Å². The van der Waals surface area contributed by atoms with Crippen molar-refractivity contribution < 1.29 is 9.47 Å². The van der Waals surface area contributed by atoms with E-state index >= 15 is 0 Å².